The molecule has 1 saturated carbocycles. The zero-order valence-corrected chi connectivity index (χ0v) is 19.9. The summed E-state index contributed by atoms with van der Waals surface area (Å²) in [5.41, 5.74) is 1.03. The summed E-state index contributed by atoms with van der Waals surface area (Å²) in [5, 5.41) is 0. The Morgan fingerprint density at radius 1 is 1.07 bits per heavy atom. The first-order chi connectivity index (χ1) is 14.0. The zero-order chi connectivity index (χ0) is 21.7. The number of fused-ring (bicyclic) bond motifs is 2. The van der Waals surface area contributed by atoms with Gasteiger partial charge in [-0.1, -0.05) is 48.8 Å². The Morgan fingerprint density at radius 2 is 1.73 bits per heavy atom. The van der Waals surface area contributed by atoms with E-state index in [9.17, 15) is 13.2 Å². The van der Waals surface area contributed by atoms with Crippen LogP contribution in [0.4, 0.5) is 5.69 Å². The summed E-state index contributed by atoms with van der Waals surface area (Å²) in [6.45, 7) is 7.52. The summed E-state index contributed by atoms with van der Waals surface area (Å²) < 4.78 is 29.2. The van der Waals surface area contributed by atoms with Gasteiger partial charge in [0.1, 0.15) is 0 Å². The minimum absolute atomic E-state index is 0.101. The van der Waals surface area contributed by atoms with E-state index < -0.39 is 10.0 Å². The third-order valence-corrected chi connectivity index (χ3v) is 8.11. The van der Waals surface area contributed by atoms with Gasteiger partial charge < -0.3 is 4.90 Å². The van der Waals surface area contributed by atoms with Crippen LogP contribution in [0.2, 0.25) is 0 Å². The predicted octanol–water partition coefficient (Wildman–Crippen LogP) is 5.29. The molecule has 5 nitrogen and oxygen atoms in total. The predicted molar refractivity (Wildman–Crippen MR) is 122 cm³/mol. The van der Waals surface area contributed by atoms with E-state index in [4.69, 9.17) is 0 Å². The van der Waals surface area contributed by atoms with Crippen molar-refractivity contribution in [3.8, 4) is 0 Å². The van der Waals surface area contributed by atoms with E-state index in [-0.39, 0.29) is 27.7 Å². The van der Waals surface area contributed by atoms with Crippen LogP contribution in [0.5, 0.6) is 0 Å². The molecule has 2 bridgehead atoms. The lowest BCUT2D eigenvalue weighted by atomic mass is 9.65. The SMILES string of the molecule is CC1(C)C[C@@H]2C[C@](C)(CN2C(=O)c2ccccc2NS(=O)(=O)c2ccc(Br)cc2)C1. The first-order valence-electron chi connectivity index (χ1n) is 10.2. The van der Waals surface area contributed by atoms with E-state index in [1.165, 1.54) is 12.1 Å². The number of carbonyl (C=O) groups excluding carboxylic acids is 1. The molecule has 1 aliphatic carbocycles. The van der Waals surface area contributed by atoms with E-state index in [1.54, 1.807) is 36.4 Å². The van der Waals surface area contributed by atoms with Crippen molar-refractivity contribution in [1.82, 2.24) is 4.90 Å². The number of nitrogens with zero attached hydrogens (tertiary/aromatic N) is 1. The number of nitrogens with one attached hydrogen (secondary N) is 1. The van der Waals surface area contributed by atoms with Crippen LogP contribution >= 0.6 is 15.9 Å². The van der Waals surface area contributed by atoms with Gasteiger partial charge in [-0.3, -0.25) is 9.52 Å². The minimum Gasteiger partial charge on any atom is -0.335 e. The third-order valence-electron chi connectivity index (χ3n) is 6.20. The number of sulfonamides is 1. The molecule has 7 heteroatoms. The average molecular weight is 491 g/mol. The molecular weight excluding hydrogens is 464 g/mol. The van der Waals surface area contributed by atoms with E-state index in [2.05, 4.69) is 41.4 Å². The number of hydrogen-bond donors (Lipinski definition) is 1. The van der Waals surface area contributed by atoms with E-state index in [0.29, 0.717) is 17.8 Å². The summed E-state index contributed by atoms with van der Waals surface area (Å²) in [4.78, 5) is 15.6. The number of para-hydroxylation sites is 1. The van der Waals surface area contributed by atoms with Gasteiger partial charge in [0.15, 0.2) is 0 Å². The molecule has 30 heavy (non-hydrogen) atoms. The summed E-state index contributed by atoms with van der Waals surface area (Å²) in [6, 6.07) is 13.5. The molecule has 1 heterocycles. The highest BCUT2D eigenvalue weighted by molar-refractivity contribution is 9.10. The number of rotatable bonds is 4. The standard InChI is InChI=1S/C23H27BrN2O3S/c1-22(2)12-17-13-23(3,14-22)15-26(17)21(27)19-6-4-5-7-20(19)25-30(28,29)18-10-8-16(24)9-11-18/h4-11,17,25H,12-15H2,1-3H3/t17-,23+/m1/s1. The van der Waals surface area contributed by atoms with Crippen molar-refractivity contribution >= 4 is 37.5 Å². The van der Waals surface area contributed by atoms with Gasteiger partial charge >= 0.3 is 0 Å². The number of carbonyl (C=O) groups is 1. The fraction of sp³-hybridized carbons (Fsp3) is 0.435. The molecule has 0 aromatic heterocycles. The third kappa shape index (κ3) is 4.14. The van der Waals surface area contributed by atoms with Gasteiger partial charge in [-0.2, -0.15) is 0 Å². The molecule has 2 fully saturated rings. The summed E-state index contributed by atoms with van der Waals surface area (Å²) in [6.07, 6.45) is 3.08. The molecular formula is C23H27BrN2O3S. The van der Waals surface area contributed by atoms with Gasteiger partial charge in [0.05, 0.1) is 16.1 Å². The van der Waals surface area contributed by atoms with Gasteiger partial charge in [0, 0.05) is 17.1 Å². The molecule has 0 radical (unpaired) electrons. The lowest BCUT2D eigenvalue weighted by Crippen LogP contribution is -2.38. The maximum Gasteiger partial charge on any atom is 0.261 e. The van der Waals surface area contributed by atoms with Crippen LogP contribution in [0.3, 0.4) is 0 Å². The van der Waals surface area contributed by atoms with Crippen molar-refractivity contribution in [1.29, 1.82) is 0 Å². The Labute approximate surface area is 187 Å². The van der Waals surface area contributed by atoms with Crippen LogP contribution in [0.25, 0.3) is 0 Å². The average Bonchev–Trinajstić information content (AvgIpc) is 2.90. The van der Waals surface area contributed by atoms with Crippen LogP contribution in [-0.4, -0.2) is 31.8 Å². The van der Waals surface area contributed by atoms with E-state index in [0.717, 1.165) is 23.7 Å². The van der Waals surface area contributed by atoms with Gasteiger partial charge in [-0.25, -0.2) is 8.42 Å². The molecule has 4 rings (SSSR count). The summed E-state index contributed by atoms with van der Waals surface area (Å²) >= 11 is 3.32. The topological polar surface area (TPSA) is 66.5 Å². The molecule has 1 N–H and O–H groups in total. The molecule has 2 aromatic rings. The van der Waals surface area contributed by atoms with Crippen molar-refractivity contribution in [2.45, 2.75) is 51.0 Å². The lowest BCUT2D eigenvalue weighted by Gasteiger charge is -2.39. The van der Waals surface area contributed by atoms with Crippen molar-refractivity contribution in [2.24, 2.45) is 10.8 Å². The Morgan fingerprint density at radius 3 is 2.43 bits per heavy atom. The monoisotopic (exact) mass is 490 g/mol. The van der Waals surface area contributed by atoms with Crippen LogP contribution in [0, 0.1) is 10.8 Å². The molecule has 2 aliphatic rings. The van der Waals surface area contributed by atoms with Gasteiger partial charge in [0.25, 0.3) is 15.9 Å². The number of amides is 1. The maximum atomic E-state index is 13.5. The number of hydrogen-bond acceptors (Lipinski definition) is 3. The van der Waals surface area contributed by atoms with Crippen molar-refractivity contribution in [3.05, 3.63) is 58.6 Å². The second-order valence-electron chi connectivity index (χ2n) is 9.75. The highest BCUT2D eigenvalue weighted by atomic mass is 79.9. The number of likely N-dealkylation sites (tertiary alicyclic amines) is 1. The zero-order valence-electron chi connectivity index (χ0n) is 17.5. The Balaban J connectivity index is 1.62. The Hall–Kier alpha value is -1.86. The molecule has 2 atom stereocenters. The Kier molecular flexibility index (Phi) is 5.26. The minimum atomic E-state index is -3.80. The molecule has 1 saturated heterocycles. The first kappa shape index (κ1) is 21.4. The van der Waals surface area contributed by atoms with E-state index >= 15 is 0 Å². The lowest BCUT2D eigenvalue weighted by molar-refractivity contribution is 0.0709. The second-order valence-corrected chi connectivity index (χ2v) is 12.3. The number of halogens is 1. The molecule has 1 aliphatic heterocycles. The molecule has 0 unspecified atom stereocenters. The van der Waals surface area contributed by atoms with Crippen molar-refractivity contribution in [2.75, 3.05) is 11.3 Å². The first-order valence-corrected chi connectivity index (χ1v) is 12.4. The summed E-state index contributed by atoms with van der Waals surface area (Å²) in [7, 11) is -3.80. The Bertz CT molecular complexity index is 1080. The molecule has 1 amide bonds. The maximum absolute atomic E-state index is 13.5. The highest BCUT2D eigenvalue weighted by Crippen LogP contribution is 2.52. The van der Waals surface area contributed by atoms with Crippen LogP contribution in [0.15, 0.2) is 57.9 Å². The largest absolute Gasteiger partial charge is 0.335 e. The smallest absolute Gasteiger partial charge is 0.261 e. The van der Waals surface area contributed by atoms with E-state index in [1.807, 2.05) is 4.90 Å². The van der Waals surface area contributed by atoms with Crippen molar-refractivity contribution < 1.29 is 13.2 Å². The second kappa shape index (κ2) is 7.38. The van der Waals surface area contributed by atoms with Crippen LogP contribution in [-0.2, 0) is 10.0 Å². The molecule has 0 spiro atoms. The van der Waals surface area contributed by atoms with Crippen LogP contribution < -0.4 is 4.72 Å². The fourth-order valence-electron chi connectivity index (χ4n) is 5.43. The van der Waals surface area contributed by atoms with Gasteiger partial charge in [-0.15, -0.1) is 0 Å². The van der Waals surface area contributed by atoms with Gasteiger partial charge in [-0.05, 0) is 66.5 Å². The number of benzene rings is 2. The molecule has 2 aromatic carbocycles. The highest BCUT2D eigenvalue weighted by Gasteiger charge is 2.51. The molecule has 160 valence electrons. The fourth-order valence-corrected chi connectivity index (χ4v) is 6.77. The quantitative estimate of drug-likeness (QED) is 0.632. The summed E-state index contributed by atoms with van der Waals surface area (Å²) in [5.74, 6) is -0.101. The van der Waals surface area contributed by atoms with Crippen molar-refractivity contribution in [3.63, 3.8) is 0 Å². The van der Waals surface area contributed by atoms with Gasteiger partial charge in [0.2, 0.25) is 0 Å². The normalized spacial score (nSPS) is 25.2. The van der Waals surface area contributed by atoms with Crippen LogP contribution in [0.1, 0.15) is 50.4 Å². The number of anilines is 1.